The highest BCUT2D eigenvalue weighted by Crippen LogP contribution is 2.31. The molecule has 108 valence electrons. The van der Waals surface area contributed by atoms with Gasteiger partial charge in [0.05, 0.1) is 8.07 Å². The summed E-state index contributed by atoms with van der Waals surface area (Å²) in [5.41, 5.74) is 1.16. The van der Waals surface area contributed by atoms with E-state index in [4.69, 9.17) is 6.48 Å². The van der Waals surface area contributed by atoms with Gasteiger partial charge in [-0.2, -0.15) is 0 Å². The third-order valence-electron chi connectivity index (χ3n) is 4.03. The first-order valence-corrected chi connectivity index (χ1v) is 10.4. The van der Waals surface area contributed by atoms with Gasteiger partial charge in [0, 0.05) is 7.79 Å². The van der Waals surface area contributed by atoms with Crippen LogP contribution in [0.15, 0.2) is 42.0 Å². The molecule has 0 bridgehead atoms. The van der Waals surface area contributed by atoms with Crippen molar-refractivity contribution < 1.29 is 11.3 Å². The molecule has 0 fully saturated rings. The Hall–Kier alpha value is -1.35. The number of allylic oxidation sites excluding steroid dienone is 2. The second kappa shape index (κ2) is 6.40. The van der Waals surface area contributed by atoms with Crippen LogP contribution in [0.2, 0.25) is 19.1 Å². The van der Waals surface area contributed by atoms with Crippen molar-refractivity contribution in [1.82, 2.24) is 0 Å². The topological polar surface area (TPSA) is 37.3 Å². The lowest BCUT2D eigenvalue weighted by atomic mass is 9.87. The van der Waals surface area contributed by atoms with E-state index < -0.39 is 14.0 Å². The summed E-state index contributed by atoms with van der Waals surface area (Å²) in [5, 5.41) is 10.3. The van der Waals surface area contributed by atoms with E-state index in [2.05, 4.69) is 31.3 Å². The lowest BCUT2D eigenvalue weighted by Crippen LogP contribution is -2.41. The molecule has 1 aromatic rings. The first-order valence-electron chi connectivity index (χ1n) is 7.87. The molecule has 2 rings (SSSR count). The van der Waals surface area contributed by atoms with Crippen molar-refractivity contribution in [2.24, 2.45) is 5.92 Å². The van der Waals surface area contributed by atoms with Crippen LogP contribution in [0.1, 0.15) is 27.1 Å². The van der Waals surface area contributed by atoms with Crippen LogP contribution in [0.3, 0.4) is 0 Å². The molecule has 0 aliphatic heterocycles. The van der Waals surface area contributed by atoms with Crippen molar-refractivity contribution >= 4 is 19.2 Å². The lowest BCUT2D eigenvalue weighted by molar-refractivity contribution is -0.138. The quantitative estimate of drug-likeness (QED) is 0.661. The van der Waals surface area contributed by atoms with Gasteiger partial charge in [-0.1, -0.05) is 60.3 Å². The van der Waals surface area contributed by atoms with Crippen molar-refractivity contribution in [3.8, 4) is 0 Å². The summed E-state index contributed by atoms with van der Waals surface area (Å²) in [6.45, 7) is 4.48. The van der Waals surface area contributed by atoms with Gasteiger partial charge in [0.25, 0.3) is 0 Å². The molecule has 0 radical (unpaired) electrons. The summed E-state index contributed by atoms with van der Waals surface area (Å²) in [7, 11) is -1.89. The van der Waals surface area contributed by atoms with Gasteiger partial charge in [0.15, 0.2) is 0 Å². The third-order valence-corrected chi connectivity index (χ3v) is 6.95. The van der Waals surface area contributed by atoms with E-state index in [-0.39, 0.29) is 18.4 Å². The summed E-state index contributed by atoms with van der Waals surface area (Å²) in [6, 6.07) is 10.2. The molecule has 0 heterocycles. The molecular formula is C17H24O2Si. The van der Waals surface area contributed by atoms with Gasteiger partial charge in [0.1, 0.15) is 0 Å². The second-order valence-electron chi connectivity index (χ2n) is 6.26. The molecule has 0 spiro atoms. The van der Waals surface area contributed by atoms with E-state index in [9.17, 15) is 4.79 Å². The maximum Gasteiger partial charge on any atom is 0.303 e. The zero-order valence-electron chi connectivity index (χ0n) is 13.3. The fraction of sp³-hybridized carbons (Fsp3) is 0.471. The van der Waals surface area contributed by atoms with Crippen LogP contribution >= 0.6 is 0 Å². The van der Waals surface area contributed by atoms with Gasteiger partial charge < -0.3 is 5.11 Å². The molecular weight excluding hydrogens is 264 g/mol. The summed E-state index contributed by atoms with van der Waals surface area (Å²) >= 11 is 0. The van der Waals surface area contributed by atoms with Crippen molar-refractivity contribution in [2.45, 2.75) is 44.8 Å². The Balaban J connectivity index is 2.14. The van der Waals surface area contributed by atoms with Crippen LogP contribution in [0.25, 0.3) is 0 Å². The fourth-order valence-electron chi connectivity index (χ4n) is 2.98. The highest BCUT2D eigenvalue weighted by molar-refractivity contribution is 6.90. The summed E-state index contributed by atoms with van der Waals surface area (Å²) in [5.74, 6) is -0.515. The van der Waals surface area contributed by atoms with E-state index in [0.717, 1.165) is 24.8 Å². The maximum atomic E-state index is 10.9. The number of hydrogen-bond donors (Lipinski definition) is 1. The van der Waals surface area contributed by atoms with Crippen LogP contribution in [0.5, 0.6) is 0 Å². The molecule has 3 heteroatoms. The minimum Gasteiger partial charge on any atom is -0.481 e. The number of carboxylic acid groups (broad SMARTS) is 1. The number of carbonyl (C=O) groups is 1. The smallest absolute Gasteiger partial charge is 0.303 e. The van der Waals surface area contributed by atoms with Crippen molar-refractivity contribution in [3.63, 3.8) is 0 Å². The molecule has 0 amide bonds. The molecule has 1 aliphatic carbocycles. The van der Waals surface area contributed by atoms with E-state index in [1.807, 2.05) is 18.2 Å². The van der Waals surface area contributed by atoms with E-state index >= 15 is 0 Å². The highest BCUT2D eigenvalue weighted by Gasteiger charge is 2.27. The van der Waals surface area contributed by atoms with E-state index in [1.165, 1.54) is 5.19 Å². The number of rotatable bonds is 5. The normalized spacial score (nSPS) is 21.8. The Kier molecular flexibility index (Phi) is 4.36. The number of aliphatic carboxylic acids is 1. The van der Waals surface area contributed by atoms with Gasteiger partial charge in [-0.15, -0.1) is 0 Å². The van der Waals surface area contributed by atoms with Gasteiger partial charge >= 0.3 is 5.97 Å². The molecule has 2 nitrogen and oxygen atoms in total. The van der Waals surface area contributed by atoms with Crippen LogP contribution in [0, 0.1) is 5.92 Å². The van der Waals surface area contributed by atoms with Crippen LogP contribution in [0.4, 0.5) is 0 Å². The van der Waals surface area contributed by atoms with Gasteiger partial charge in [-0.05, 0) is 31.2 Å². The molecule has 2 atom stereocenters. The Morgan fingerprint density at radius 3 is 2.75 bits per heavy atom. The minimum atomic E-state index is -1.89. The molecule has 0 saturated carbocycles. The minimum absolute atomic E-state index is 0.184. The zero-order valence-corrected chi connectivity index (χ0v) is 13.3. The molecule has 1 aromatic carbocycles. The molecule has 1 aliphatic rings. The monoisotopic (exact) mass is 289 g/mol. The first kappa shape index (κ1) is 13.6. The number of benzene rings is 1. The number of hydrogen-bond acceptors (Lipinski definition) is 1. The average Bonchev–Trinajstić information content (AvgIpc) is 2.47. The average molecular weight is 289 g/mol. The zero-order chi connectivity index (χ0) is 15.5. The van der Waals surface area contributed by atoms with Crippen molar-refractivity contribution in [1.29, 1.82) is 0 Å². The highest BCUT2D eigenvalue weighted by atomic mass is 28.3. The van der Waals surface area contributed by atoms with Crippen LogP contribution in [-0.4, -0.2) is 19.1 Å². The van der Waals surface area contributed by atoms with Crippen molar-refractivity contribution in [2.75, 3.05) is 0 Å². The summed E-state index contributed by atoms with van der Waals surface area (Å²) in [4.78, 5) is 10.9. The number of carboxylic acids is 1. The second-order valence-corrected chi connectivity index (χ2v) is 10.6. The molecule has 20 heavy (non-hydrogen) atoms. The van der Waals surface area contributed by atoms with Gasteiger partial charge in [0.2, 0.25) is 0 Å². The maximum absolute atomic E-state index is 10.9. The SMILES string of the molecule is [2H][C@H](C1=CCC[C@@H](CC(=O)O)C1)[Si](C)(C)c1ccccc1. The largest absolute Gasteiger partial charge is 0.481 e. The predicted octanol–water partition coefficient (Wildman–Crippen LogP) is 3.80. The van der Waals surface area contributed by atoms with Crippen molar-refractivity contribution in [3.05, 3.63) is 42.0 Å². The fourth-order valence-corrected chi connectivity index (χ4v) is 5.36. The molecule has 0 aromatic heterocycles. The molecule has 1 N–H and O–H groups in total. The first-order chi connectivity index (χ1) is 9.91. The molecule has 0 unspecified atom stereocenters. The standard InChI is InChI=1S/C17H24O2Si/c1-20(2,16-9-4-3-5-10-16)13-15-8-6-7-14(11-15)12-17(18)19/h3-5,8-10,14H,6-7,11-13H2,1-2H3,(H,18,19)/t14-/m1/s1/i13D/t13-,14-. The Morgan fingerprint density at radius 1 is 1.40 bits per heavy atom. The van der Waals surface area contributed by atoms with Crippen LogP contribution < -0.4 is 5.19 Å². The van der Waals surface area contributed by atoms with E-state index in [1.54, 1.807) is 0 Å². The Bertz CT molecular complexity index is 525. The molecule has 0 saturated heterocycles. The van der Waals surface area contributed by atoms with Crippen LogP contribution in [-0.2, 0) is 4.79 Å². The summed E-state index contributed by atoms with van der Waals surface area (Å²) < 4.78 is 8.73. The van der Waals surface area contributed by atoms with Gasteiger partial charge in [-0.25, -0.2) is 0 Å². The van der Waals surface area contributed by atoms with Gasteiger partial charge in [-0.3, -0.25) is 4.79 Å². The predicted molar refractivity (Wildman–Crippen MR) is 86.0 cm³/mol. The third kappa shape index (κ3) is 4.07. The van der Waals surface area contributed by atoms with E-state index in [0.29, 0.717) is 0 Å². The Labute approximate surface area is 123 Å². The summed E-state index contributed by atoms with van der Waals surface area (Å²) in [6.07, 6.45) is 5.06. The lowest BCUT2D eigenvalue weighted by Gasteiger charge is -2.28. The Morgan fingerprint density at radius 2 is 2.10 bits per heavy atom.